The van der Waals surface area contributed by atoms with Gasteiger partial charge in [0.15, 0.2) is 0 Å². The molecule has 1 aliphatic heterocycles. The SMILES string of the molecule is CC1CCNC(C(=O)NCC2(C(=O)O)CCCCCC2)C1. The predicted octanol–water partition coefficient (Wildman–Crippen LogP) is 1.92. The summed E-state index contributed by atoms with van der Waals surface area (Å²) < 4.78 is 0. The number of carbonyl (C=O) groups is 2. The van der Waals surface area contributed by atoms with Crippen molar-refractivity contribution in [1.29, 1.82) is 0 Å². The molecule has 0 radical (unpaired) electrons. The first-order valence-electron chi connectivity index (χ1n) is 8.28. The van der Waals surface area contributed by atoms with Crippen LogP contribution in [0.2, 0.25) is 0 Å². The van der Waals surface area contributed by atoms with Gasteiger partial charge in [-0.3, -0.25) is 9.59 Å². The van der Waals surface area contributed by atoms with Crippen LogP contribution in [0.25, 0.3) is 0 Å². The molecule has 2 aliphatic rings. The Morgan fingerprint density at radius 1 is 1.24 bits per heavy atom. The highest BCUT2D eigenvalue weighted by molar-refractivity contribution is 5.83. The third-order valence-electron chi connectivity index (χ3n) is 5.10. The zero-order valence-corrected chi connectivity index (χ0v) is 13.0. The van der Waals surface area contributed by atoms with Crippen LogP contribution in [0.5, 0.6) is 0 Å². The van der Waals surface area contributed by atoms with E-state index in [-0.39, 0.29) is 18.5 Å². The normalized spacial score (nSPS) is 29.4. The van der Waals surface area contributed by atoms with Crippen LogP contribution >= 0.6 is 0 Å². The average molecular weight is 296 g/mol. The number of amides is 1. The lowest BCUT2D eigenvalue weighted by Gasteiger charge is -2.31. The van der Waals surface area contributed by atoms with E-state index in [2.05, 4.69) is 17.6 Å². The molecule has 2 rings (SSSR count). The molecule has 1 aliphatic carbocycles. The molecule has 5 heteroatoms. The third-order valence-corrected chi connectivity index (χ3v) is 5.10. The maximum absolute atomic E-state index is 12.3. The Bertz CT molecular complexity index is 376. The van der Waals surface area contributed by atoms with Crippen molar-refractivity contribution in [2.45, 2.75) is 64.3 Å². The molecule has 2 atom stereocenters. The summed E-state index contributed by atoms with van der Waals surface area (Å²) in [6, 6.07) is -0.162. The van der Waals surface area contributed by atoms with Crippen molar-refractivity contribution in [3.63, 3.8) is 0 Å². The Hall–Kier alpha value is -1.10. The molecular weight excluding hydrogens is 268 g/mol. The summed E-state index contributed by atoms with van der Waals surface area (Å²) in [6.45, 7) is 3.29. The van der Waals surface area contributed by atoms with E-state index in [4.69, 9.17) is 0 Å². The molecule has 2 unspecified atom stereocenters. The molecule has 2 fully saturated rings. The van der Waals surface area contributed by atoms with Gasteiger partial charge in [-0.25, -0.2) is 0 Å². The van der Waals surface area contributed by atoms with E-state index < -0.39 is 11.4 Å². The molecule has 0 spiro atoms. The van der Waals surface area contributed by atoms with Gasteiger partial charge in [-0.2, -0.15) is 0 Å². The largest absolute Gasteiger partial charge is 0.481 e. The molecule has 120 valence electrons. The first kappa shape index (κ1) is 16.3. The predicted molar refractivity (Wildman–Crippen MR) is 81.0 cm³/mol. The topological polar surface area (TPSA) is 78.4 Å². The van der Waals surface area contributed by atoms with Crippen LogP contribution in [-0.4, -0.2) is 36.1 Å². The van der Waals surface area contributed by atoms with Gasteiger partial charge in [0.25, 0.3) is 0 Å². The number of nitrogens with one attached hydrogen (secondary N) is 2. The van der Waals surface area contributed by atoms with E-state index >= 15 is 0 Å². The van der Waals surface area contributed by atoms with Gasteiger partial charge in [-0.1, -0.05) is 32.6 Å². The third kappa shape index (κ3) is 4.19. The summed E-state index contributed by atoms with van der Waals surface area (Å²) >= 11 is 0. The van der Waals surface area contributed by atoms with Crippen LogP contribution < -0.4 is 10.6 Å². The summed E-state index contributed by atoms with van der Waals surface area (Å²) in [5, 5.41) is 15.8. The van der Waals surface area contributed by atoms with Crippen LogP contribution in [0.15, 0.2) is 0 Å². The standard InChI is InChI=1S/C16H28N2O3/c1-12-6-9-17-13(10-12)14(19)18-11-16(15(20)21)7-4-2-3-5-8-16/h12-13,17H,2-11H2,1H3,(H,18,19)(H,20,21). The Morgan fingerprint density at radius 2 is 1.90 bits per heavy atom. The van der Waals surface area contributed by atoms with Gasteiger partial charge in [0.05, 0.1) is 11.5 Å². The molecule has 21 heavy (non-hydrogen) atoms. The molecule has 5 nitrogen and oxygen atoms in total. The Morgan fingerprint density at radius 3 is 2.48 bits per heavy atom. The fourth-order valence-corrected chi connectivity index (χ4v) is 3.56. The van der Waals surface area contributed by atoms with E-state index in [1.807, 2.05) is 0 Å². The van der Waals surface area contributed by atoms with Crippen LogP contribution in [0.4, 0.5) is 0 Å². The van der Waals surface area contributed by atoms with Crippen LogP contribution in [0, 0.1) is 11.3 Å². The van der Waals surface area contributed by atoms with Crippen molar-refractivity contribution in [3.8, 4) is 0 Å². The smallest absolute Gasteiger partial charge is 0.311 e. The second kappa shape index (κ2) is 7.25. The summed E-state index contributed by atoms with van der Waals surface area (Å²) in [4.78, 5) is 24.0. The van der Waals surface area contributed by atoms with E-state index in [0.717, 1.165) is 45.1 Å². The Kier molecular flexibility index (Phi) is 5.62. The summed E-state index contributed by atoms with van der Waals surface area (Å²) in [6.07, 6.45) is 7.39. The highest BCUT2D eigenvalue weighted by Crippen LogP contribution is 2.34. The van der Waals surface area contributed by atoms with Crippen molar-refractivity contribution < 1.29 is 14.7 Å². The fourth-order valence-electron chi connectivity index (χ4n) is 3.56. The highest BCUT2D eigenvalue weighted by Gasteiger charge is 2.39. The van der Waals surface area contributed by atoms with Crippen LogP contribution in [-0.2, 0) is 9.59 Å². The first-order chi connectivity index (χ1) is 10.0. The zero-order chi connectivity index (χ0) is 15.3. The summed E-state index contributed by atoms with van der Waals surface area (Å²) in [5.74, 6) is -0.241. The van der Waals surface area contributed by atoms with Crippen LogP contribution in [0.1, 0.15) is 58.3 Å². The molecule has 1 saturated carbocycles. The molecule has 0 aromatic rings. The second-order valence-corrected chi connectivity index (χ2v) is 6.85. The van der Waals surface area contributed by atoms with Gasteiger partial charge in [-0.15, -0.1) is 0 Å². The number of carbonyl (C=O) groups excluding carboxylic acids is 1. The van der Waals surface area contributed by atoms with Gasteiger partial charge in [-0.05, 0) is 38.1 Å². The minimum Gasteiger partial charge on any atom is -0.481 e. The second-order valence-electron chi connectivity index (χ2n) is 6.85. The fraction of sp³-hybridized carbons (Fsp3) is 0.875. The maximum Gasteiger partial charge on any atom is 0.311 e. The van der Waals surface area contributed by atoms with E-state index in [9.17, 15) is 14.7 Å². The van der Waals surface area contributed by atoms with E-state index in [1.165, 1.54) is 0 Å². The van der Waals surface area contributed by atoms with Crippen molar-refractivity contribution in [2.24, 2.45) is 11.3 Å². The molecular formula is C16H28N2O3. The molecule has 0 aromatic carbocycles. The molecule has 3 N–H and O–H groups in total. The van der Waals surface area contributed by atoms with E-state index in [0.29, 0.717) is 18.8 Å². The van der Waals surface area contributed by atoms with Gasteiger partial charge >= 0.3 is 5.97 Å². The molecule has 1 amide bonds. The molecule has 0 bridgehead atoms. The maximum atomic E-state index is 12.3. The quantitative estimate of drug-likeness (QED) is 0.693. The van der Waals surface area contributed by atoms with Crippen molar-refractivity contribution >= 4 is 11.9 Å². The monoisotopic (exact) mass is 296 g/mol. The summed E-state index contributed by atoms with van der Waals surface area (Å²) in [5.41, 5.74) is -0.757. The lowest BCUT2D eigenvalue weighted by molar-refractivity contribution is -0.150. The minimum absolute atomic E-state index is 0.0357. The summed E-state index contributed by atoms with van der Waals surface area (Å²) in [7, 11) is 0. The molecule has 0 aromatic heterocycles. The van der Waals surface area contributed by atoms with E-state index in [1.54, 1.807) is 0 Å². The number of piperidine rings is 1. The molecule has 1 saturated heterocycles. The zero-order valence-electron chi connectivity index (χ0n) is 13.0. The number of hydrogen-bond donors (Lipinski definition) is 3. The van der Waals surface area contributed by atoms with Crippen molar-refractivity contribution in [2.75, 3.05) is 13.1 Å². The number of carboxylic acids is 1. The Labute approximate surface area is 126 Å². The Balaban J connectivity index is 1.91. The average Bonchev–Trinajstić information content (AvgIpc) is 2.71. The number of hydrogen-bond acceptors (Lipinski definition) is 3. The molecule has 1 heterocycles. The van der Waals surface area contributed by atoms with Crippen molar-refractivity contribution in [1.82, 2.24) is 10.6 Å². The number of rotatable bonds is 4. The lowest BCUT2D eigenvalue weighted by Crippen LogP contribution is -2.51. The minimum atomic E-state index is -0.757. The lowest BCUT2D eigenvalue weighted by atomic mass is 9.80. The van der Waals surface area contributed by atoms with Gasteiger partial charge < -0.3 is 15.7 Å². The van der Waals surface area contributed by atoms with Gasteiger partial charge in [0.2, 0.25) is 5.91 Å². The first-order valence-corrected chi connectivity index (χ1v) is 8.28. The van der Waals surface area contributed by atoms with Gasteiger partial charge in [0, 0.05) is 6.54 Å². The van der Waals surface area contributed by atoms with Gasteiger partial charge in [0.1, 0.15) is 0 Å². The number of carboxylic acid groups (broad SMARTS) is 1. The number of aliphatic carboxylic acids is 1. The van der Waals surface area contributed by atoms with Crippen LogP contribution in [0.3, 0.4) is 0 Å². The highest BCUT2D eigenvalue weighted by atomic mass is 16.4. The van der Waals surface area contributed by atoms with Crippen molar-refractivity contribution in [3.05, 3.63) is 0 Å².